The van der Waals surface area contributed by atoms with Crippen LogP contribution >= 0.6 is 0 Å². The lowest BCUT2D eigenvalue weighted by Gasteiger charge is -2.36. The van der Waals surface area contributed by atoms with E-state index in [1.165, 1.54) is 12.8 Å². The van der Waals surface area contributed by atoms with Gasteiger partial charge >= 0.3 is 5.97 Å². The second-order valence-corrected chi connectivity index (χ2v) is 5.83. The molecule has 1 saturated carbocycles. The van der Waals surface area contributed by atoms with E-state index in [0.29, 0.717) is 18.4 Å². The third kappa shape index (κ3) is 3.69. The fraction of sp³-hybridized carbons (Fsp3) is 0.857. The number of hydrogen-bond acceptors (Lipinski definition) is 3. The van der Waals surface area contributed by atoms with Crippen LogP contribution in [0.1, 0.15) is 32.6 Å². The van der Waals surface area contributed by atoms with Crippen molar-refractivity contribution < 1.29 is 14.7 Å². The van der Waals surface area contributed by atoms with Gasteiger partial charge in [0.2, 0.25) is 5.91 Å². The largest absolute Gasteiger partial charge is 0.481 e. The van der Waals surface area contributed by atoms with Crippen molar-refractivity contribution in [2.24, 2.45) is 11.8 Å². The van der Waals surface area contributed by atoms with Gasteiger partial charge in [0.15, 0.2) is 0 Å². The Morgan fingerprint density at radius 1 is 1.16 bits per heavy atom. The molecule has 1 N–H and O–H groups in total. The van der Waals surface area contributed by atoms with Crippen molar-refractivity contribution in [3.05, 3.63) is 0 Å². The summed E-state index contributed by atoms with van der Waals surface area (Å²) in [7, 11) is 0. The van der Waals surface area contributed by atoms with Crippen molar-refractivity contribution in [2.75, 3.05) is 32.7 Å². The summed E-state index contributed by atoms with van der Waals surface area (Å²) in [5, 5.41) is 8.67. The standard InChI is InChI=1S/C14H24N2O3/c1-11-3-2-4-12(11)14(19)16-9-7-15(8-10-16)6-5-13(17)18/h11-12H,2-10H2,1H3,(H,17,18). The number of hydrogen-bond donors (Lipinski definition) is 1. The van der Waals surface area contributed by atoms with Gasteiger partial charge in [-0.2, -0.15) is 0 Å². The fourth-order valence-electron chi connectivity index (χ4n) is 3.19. The van der Waals surface area contributed by atoms with Gasteiger partial charge in [-0.1, -0.05) is 13.3 Å². The van der Waals surface area contributed by atoms with Gasteiger partial charge in [-0.05, 0) is 18.8 Å². The van der Waals surface area contributed by atoms with Crippen molar-refractivity contribution in [1.29, 1.82) is 0 Å². The number of carbonyl (C=O) groups excluding carboxylic acids is 1. The Balaban J connectivity index is 1.76. The van der Waals surface area contributed by atoms with Crippen molar-refractivity contribution >= 4 is 11.9 Å². The number of carboxylic acids is 1. The highest BCUT2D eigenvalue weighted by atomic mass is 16.4. The van der Waals surface area contributed by atoms with Crippen molar-refractivity contribution in [3.8, 4) is 0 Å². The first kappa shape index (κ1) is 14.3. The van der Waals surface area contributed by atoms with Crippen molar-refractivity contribution in [2.45, 2.75) is 32.6 Å². The van der Waals surface area contributed by atoms with Gasteiger partial charge in [0.1, 0.15) is 0 Å². The minimum Gasteiger partial charge on any atom is -0.481 e. The van der Waals surface area contributed by atoms with E-state index in [1.54, 1.807) is 0 Å². The summed E-state index contributed by atoms with van der Waals surface area (Å²) in [5.74, 6) is 0.323. The zero-order valence-electron chi connectivity index (χ0n) is 11.7. The van der Waals surface area contributed by atoms with Crippen LogP contribution in [0, 0.1) is 11.8 Å². The van der Waals surface area contributed by atoms with Gasteiger partial charge in [-0.25, -0.2) is 0 Å². The molecule has 19 heavy (non-hydrogen) atoms. The van der Waals surface area contributed by atoms with Crippen molar-refractivity contribution in [1.82, 2.24) is 9.80 Å². The minimum absolute atomic E-state index is 0.188. The van der Waals surface area contributed by atoms with E-state index >= 15 is 0 Å². The normalized spacial score (nSPS) is 28.6. The van der Waals surface area contributed by atoms with Gasteiger partial charge in [-0.15, -0.1) is 0 Å². The van der Waals surface area contributed by atoms with Crippen LogP contribution in [0.5, 0.6) is 0 Å². The number of carbonyl (C=O) groups is 2. The molecule has 1 aliphatic heterocycles. The van der Waals surface area contributed by atoms with Crippen LogP contribution in [-0.2, 0) is 9.59 Å². The maximum Gasteiger partial charge on any atom is 0.304 e. The number of rotatable bonds is 4. The second-order valence-electron chi connectivity index (χ2n) is 5.83. The molecular weight excluding hydrogens is 244 g/mol. The lowest BCUT2D eigenvalue weighted by molar-refractivity contribution is -0.140. The van der Waals surface area contributed by atoms with E-state index in [1.807, 2.05) is 4.90 Å². The minimum atomic E-state index is -0.752. The Kier molecular flexibility index (Phi) is 4.80. The molecule has 0 aromatic heterocycles. The molecule has 5 heteroatoms. The maximum absolute atomic E-state index is 12.4. The molecule has 0 spiro atoms. The number of piperazine rings is 1. The van der Waals surface area contributed by atoms with E-state index in [-0.39, 0.29) is 12.3 Å². The monoisotopic (exact) mass is 268 g/mol. The molecule has 1 saturated heterocycles. The summed E-state index contributed by atoms with van der Waals surface area (Å²) in [5.41, 5.74) is 0. The van der Waals surface area contributed by atoms with Crippen LogP contribution in [-0.4, -0.2) is 59.5 Å². The molecule has 0 aromatic carbocycles. The van der Waals surface area contributed by atoms with Crippen LogP contribution in [0.4, 0.5) is 0 Å². The molecule has 1 heterocycles. The zero-order chi connectivity index (χ0) is 13.8. The number of carboxylic acid groups (broad SMARTS) is 1. The predicted molar refractivity (Wildman–Crippen MR) is 71.8 cm³/mol. The Hall–Kier alpha value is -1.10. The molecule has 0 bridgehead atoms. The summed E-state index contributed by atoms with van der Waals surface area (Å²) in [6, 6.07) is 0. The molecule has 2 fully saturated rings. The van der Waals surface area contributed by atoms with Crippen LogP contribution < -0.4 is 0 Å². The predicted octanol–water partition coefficient (Wildman–Crippen LogP) is 1.04. The topological polar surface area (TPSA) is 60.9 Å². The third-order valence-corrected chi connectivity index (χ3v) is 4.50. The van der Waals surface area contributed by atoms with Crippen molar-refractivity contribution in [3.63, 3.8) is 0 Å². The van der Waals surface area contributed by atoms with Gasteiger partial charge < -0.3 is 10.0 Å². The molecule has 2 unspecified atom stereocenters. The quantitative estimate of drug-likeness (QED) is 0.827. The second kappa shape index (κ2) is 6.37. The molecule has 0 aromatic rings. The summed E-state index contributed by atoms with van der Waals surface area (Å²) >= 11 is 0. The SMILES string of the molecule is CC1CCCC1C(=O)N1CCN(CCC(=O)O)CC1. The smallest absolute Gasteiger partial charge is 0.304 e. The Morgan fingerprint density at radius 3 is 2.37 bits per heavy atom. The van der Waals surface area contributed by atoms with E-state index in [4.69, 9.17) is 5.11 Å². The molecular formula is C14H24N2O3. The average molecular weight is 268 g/mol. The number of aliphatic carboxylic acids is 1. The summed E-state index contributed by atoms with van der Waals surface area (Å²) < 4.78 is 0. The Bertz CT molecular complexity index is 338. The average Bonchev–Trinajstić information content (AvgIpc) is 2.82. The zero-order valence-corrected chi connectivity index (χ0v) is 11.7. The first-order chi connectivity index (χ1) is 9.08. The first-order valence-electron chi connectivity index (χ1n) is 7.31. The Labute approximate surface area is 114 Å². The van der Waals surface area contributed by atoms with Gasteiger partial charge in [-0.3, -0.25) is 14.5 Å². The lowest BCUT2D eigenvalue weighted by atomic mass is 9.96. The third-order valence-electron chi connectivity index (χ3n) is 4.50. The first-order valence-corrected chi connectivity index (χ1v) is 7.31. The summed E-state index contributed by atoms with van der Waals surface area (Å²) in [6.45, 7) is 5.89. The Morgan fingerprint density at radius 2 is 1.84 bits per heavy atom. The summed E-state index contributed by atoms with van der Waals surface area (Å²) in [6.07, 6.45) is 3.58. The molecule has 1 amide bonds. The molecule has 1 aliphatic carbocycles. The van der Waals surface area contributed by atoms with Gasteiger partial charge in [0, 0.05) is 38.6 Å². The maximum atomic E-state index is 12.4. The molecule has 5 nitrogen and oxygen atoms in total. The summed E-state index contributed by atoms with van der Waals surface area (Å²) in [4.78, 5) is 27.0. The molecule has 108 valence electrons. The van der Waals surface area contributed by atoms with E-state index in [9.17, 15) is 9.59 Å². The highest BCUT2D eigenvalue weighted by Gasteiger charge is 2.33. The van der Waals surface area contributed by atoms with E-state index < -0.39 is 5.97 Å². The highest BCUT2D eigenvalue weighted by Crippen LogP contribution is 2.32. The molecule has 0 radical (unpaired) electrons. The van der Waals surface area contributed by atoms with Crippen LogP contribution in [0.15, 0.2) is 0 Å². The lowest BCUT2D eigenvalue weighted by Crippen LogP contribution is -2.50. The number of amides is 1. The van der Waals surface area contributed by atoms with Gasteiger partial charge in [0.05, 0.1) is 6.42 Å². The van der Waals surface area contributed by atoms with E-state index in [0.717, 1.165) is 32.6 Å². The van der Waals surface area contributed by atoms with Crippen LogP contribution in [0.2, 0.25) is 0 Å². The molecule has 2 atom stereocenters. The van der Waals surface area contributed by atoms with Gasteiger partial charge in [0.25, 0.3) is 0 Å². The van der Waals surface area contributed by atoms with E-state index in [2.05, 4.69) is 11.8 Å². The molecule has 2 aliphatic rings. The fourth-order valence-corrected chi connectivity index (χ4v) is 3.19. The number of nitrogens with zero attached hydrogens (tertiary/aromatic N) is 2. The molecule has 2 rings (SSSR count). The van der Waals surface area contributed by atoms with Crippen LogP contribution in [0.25, 0.3) is 0 Å². The van der Waals surface area contributed by atoms with Crippen LogP contribution in [0.3, 0.4) is 0 Å². The highest BCUT2D eigenvalue weighted by molar-refractivity contribution is 5.79.